The number of ether oxygens (including phenoxy) is 1. The van der Waals surface area contributed by atoms with Crippen molar-refractivity contribution in [3.63, 3.8) is 0 Å². The minimum Gasteiger partial charge on any atom is -0.457 e. The fourth-order valence-electron chi connectivity index (χ4n) is 3.45. The predicted molar refractivity (Wildman–Crippen MR) is 117 cm³/mol. The van der Waals surface area contributed by atoms with Crippen molar-refractivity contribution in [2.24, 2.45) is 0 Å². The molecule has 4 rings (SSSR count). The molecule has 3 aromatic carbocycles. The molecular formula is C25H22N2O3. The van der Waals surface area contributed by atoms with Crippen LogP contribution in [0.4, 0.5) is 5.69 Å². The predicted octanol–water partition coefficient (Wildman–Crippen LogP) is 4.96. The number of rotatable bonds is 6. The fraction of sp³-hybridized carbons (Fsp3) is 0.120. The lowest BCUT2D eigenvalue weighted by molar-refractivity contribution is -0.118. The van der Waals surface area contributed by atoms with Crippen LogP contribution < -0.4 is 9.64 Å². The van der Waals surface area contributed by atoms with E-state index in [0.717, 1.165) is 17.0 Å². The number of anilines is 1. The van der Waals surface area contributed by atoms with E-state index < -0.39 is 0 Å². The van der Waals surface area contributed by atoms with Gasteiger partial charge in [-0.1, -0.05) is 43.0 Å². The summed E-state index contributed by atoms with van der Waals surface area (Å²) in [5.41, 5.74) is 2.87. The van der Waals surface area contributed by atoms with Crippen LogP contribution >= 0.6 is 0 Å². The molecule has 0 saturated carbocycles. The fourth-order valence-corrected chi connectivity index (χ4v) is 3.45. The maximum atomic E-state index is 12.7. The SMILES string of the molecule is C=C1c2ccccc2C(=O)N1CCC(=O)N(C)c1ccc(Oc2ccccc2)cc1. The van der Waals surface area contributed by atoms with Gasteiger partial charge in [-0.25, -0.2) is 0 Å². The second kappa shape index (κ2) is 8.25. The zero-order chi connectivity index (χ0) is 21.1. The van der Waals surface area contributed by atoms with Crippen LogP contribution in [-0.2, 0) is 4.79 Å². The van der Waals surface area contributed by atoms with E-state index in [1.165, 1.54) is 0 Å². The van der Waals surface area contributed by atoms with E-state index >= 15 is 0 Å². The van der Waals surface area contributed by atoms with Crippen LogP contribution in [0.1, 0.15) is 22.3 Å². The Hall–Kier alpha value is -3.86. The van der Waals surface area contributed by atoms with Crippen LogP contribution in [0.3, 0.4) is 0 Å². The average Bonchev–Trinajstić information content (AvgIpc) is 3.03. The third kappa shape index (κ3) is 3.82. The molecule has 0 fully saturated rings. The van der Waals surface area contributed by atoms with Gasteiger partial charge in [0.05, 0.1) is 0 Å². The molecule has 0 aromatic heterocycles. The van der Waals surface area contributed by atoms with E-state index in [9.17, 15) is 9.59 Å². The first-order valence-corrected chi connectivity index (χ1v) is 9.74. The third-order valence-electron chi connectivity index (χ3n) is 5.17. The number of amides is 2. The Morgan fingerprint density at radius 1 is 0.900 bits per heavy atom. The molecule has 0 atom stereocenters. The molecule has 1 heterocycles. The highest BCUT2D eigenvalue weighted by molar-refractivity contribution is 6.09. The summed E-state index contributed by atoms with van der Waals surface area (Å²) in [7, 11) is 1.73. The van der Waals surface area contributed by atoms with Crippen molar-refractivity contribution in [1.82, 2.24) is 4.90 Å². The van der Waals surface area contributed by atoms with E-state index in [2.05, 4.69) is 6.58 Å². The second-order valence-corrected chi connectivity index (χ2v) is 7.06. The molecule has 0 bridgehead atoms. The molecule has 0 radical (unpaired) electrons. The van der Waals surface area contributed by atoms with E-state index in [4.69, 9.17) is 4.74 Å². The molecule has 1 aliphatic rings. The quantitative estimate of drug-likeness (QED) is 0.590. The highest BCUT2D eigenvalue weighted by Crippen LogP contribution is 2.31. The summed E-state index contributed by atoms with van der Waals surface area (Å²) in [5.74, 6) is 1.27. The van der Waals surface area contributed by atoms with Gasteiger partial charge < -0.3 is 14.5 Å². The van der Waals surface area contributed by atoms with Crippen molar-refractivity contribution in [2.75, 3.05) is 18.5 Å². The molecule has 30 heavy (non-hydrogen) atoms. The first-order chi connectivity index (χ1) is 14.5. The zero-order valence-corrected chi connectivity index (χ0v) is 16.7. The standard InChI is InChI=1S/C25H22N2O3/c1-18-22-10-6-7-11-23(22)25(29)27(18)17-16-24(28)26(2)19-12-14-21(15-13-19)30-20-8-4-3-5-9-20/h3-15H,1,16-17H2,2H3. The molecule has 5 heteroatoms. The van der Waals surface area contributed by atoms with E-state index in [1.54, 1.807) is 22.9 Å². The Labute approximate surface area is 175 Å². The Bertz CT molecular complexity index is 1060. The molecule has 0 saturated heterocycles. The van der Waals surface area contributed by atoms with Crippen molar-refractivity contribution in [3.05, 3.63) is 96.6 Å². The van der Waals surface area contributed by atoms with Gasteiger partial charge in [-0.05, 0) is 42.5 Å². The monoisotopic (exact) mass is 398 g/mol. The summed E-state index contributed by atoms with van der Waals surface area (Å²) in [6, 6.07) is 24.2. The summed E-state index contributed by atoms with van der Waals surface area (Å²) >= 11 is 0. The molecule has 3 aromatic rings. The maximum Gasteiger partial charge on any atom is 0.258 e. The Kier molecular flexibility index (Phi) is 5.35. The van der Waals surface area contributed by atoms with Crippen LogP contribution in [0.5, 0.6) is 11.5 Å². The van der Waals surface area contributed by atoms with E-state index in [0.29, 0.717) is 23.6 Å². The maximum absolute atomic E-state index is 12.7. The van der Waals surface area contributed by atoms with Crippen molar-refractivity contribution < 1.29 is 14.3 Å². The number of carbonyl (C=O) groups excluding carboxylic acids is 2. The summed E-state index contributed by atoms with van der Waals surface area (Å²) in [6.07, 6.45) is 0.206. The largest absolute Gasteiger partial charge is 0.457 e. The lowest BCUT2D eigenvalue weighted by Crippen LogP contribution is -2.32. The first-order valence-electron chi connectivity index (χ1n) is 9.74. The zero-order valence-electron chi connectivity index (χ0n) is 16.7. The van der Waals surface area contributed by atoms with Gasteiger partial charge in [-0.15, -0.1) is 0 Å². The van der Waals surface area contributed by atoms with Crippen molar-refractivity contribution in [1.29, 1.82) is 0 Å². The van der Waals surface area contributed by atoms with Crippen LogP contribution in [0.25, 0.3) is 5.70 Å². The third-order valence-corrected chi connectivity index (χ3v) is 5.17. The minimum absolute atomic E-state index is 0.0803. The Morgan fingerprint density at radius 3 is 2.17 bits per heavy atom. The van der Waals surface area contributed by atoms with E-state index in [1.807, 2.05) is 72.8 Å². The summed E-state index contributed by atoms with van der Waals surface area (Å²) in [6.45, 7) is 4.32. The van der Waals surface area contributed by atoms with Crippen LogP contribution in [-0.4, -0.2) is 30.3 Å². The van der Waals surface area contributed by atoms with Crippen molar-refractivity contribution in [3.8, 4) is 11.5 Å². The Morgan fingerprint density at radius 2 is 1.50 bits per heavy atom. The lowest BCUT2D eigenvalue weighted by atomic mass is 10.1. The number of fused-ring (bicyclic) bond motifs is 1. The Balaban J connectivity index is 1.36. The van der Waals surface area contributed by atoms with Gasteiger partial charge in [0.2, 0.25) is 5.91 Å². The molecule has 0 spiro atoms. The lowest BCUT2D eigenvalue weighted by Gasteiger charge is -2.21. The minimum atomic E-state index is -0.103. The number of carbonyl (C=O) groups is 2. The van der Waals surface area contributed by atoms with Gasteiger partial charge in [0.1, 0.15) is 11.5 Å². The topological polar surface area (TPSA) is 49.9 Å². The molecule has 1 aliphatic heterocycles. The van der Waals surface area contributed by atoms with Gasteiger partial charge in [-0.3, -0.25) is 9.59 Å². The van der Waals surface area contributed by atoms with Gasteiger partial charge in [0.15, 0.2) is 0 Å². The molecule has 0 N–H and O–H groups in total. The van der Waals surface area contributed by atoms with Crippen LogP contribution in [0.2, 0.25) is 0 Å². The number of para-hydroxylation sites is 1. The molecule has 150 valence electrons. The highest BCUT2D eigenvalue weighted by Gasteiger charge is 2.30. The summed E-state index contributed by atoms with van der Waals surface area (Å²) in [5, 5.41) is 0. The van der Waals surface area contributed by atoms with Gasteiger partial charge >= 0.3 is 0 Å². The van der Waals surface area contributed by atoms with Crippen molar-refractivity contribution in [2.45, 2.75) is 6.42 Å². The van der Waals surface area contributed by atoms with Crippen LogP contribution in [0.15, 0.2) is 85.4 Å². The molecule has 0 unspecified atom stereocenters. The molecular weight excluding hydrogens is 376 g/mol. The van der Waals surface area contributed by atoms with Gasteiger partial charge in [0, 0.05) is 42.5 Å². The number of hydrogen-bond donors (Lipinski definition) is 0. The smallest absolute Gasteiger partial charge is 0.258 e. The summed E-state index contributed by atoms with van der Waals surface area (Å²) in [4.78, 5) is 28.4. The molecule has 5 nitrogen and oxygen atoms in total. The molecule has 0 aliphatic carbocycles. The normalized spacial score (nSPS) is 12.6. The summed E-state index contributed by atoms with van der Waals surface area (Å²) < 4.78 is 5.79. The van der Waals surface area contributed by atoms with Gasteiger partial charge in [-0.2, -0.15) is 0 Å². The number of nitrogens with zero attached hydrogens (tertiary/aromatic N) is 2. The van der Waals surface area contributed by atoms with E-state index in [-0.39, 0.29) is 18.2 Å². The first kappa shape index (κ1) is 19.5. The average molecular weight is 398 g/mol. The van der Waals surface area contributed by atoms with Gasteiger partial charge in [0.25, 0.3) is 5.91 Å². The highest BCUT2D eigenvalue weighted by atomic mass is 16.5. The number of hydrogen-bond acceptors (Lipinski definition) is 3. The molecule has 2 amide bonds. The second-order valence-electron chi connectivity index (χ2n) is 7.06. The number of benzene rings is 3. The van der Waals surface area contributed by atoms with Crippen molar-refractivity contribution >= 4 is 23.2 Å². The van der Waals surface area contributed by atoms with Crippen LogP contribution in [0, 0.1) is 0 Å².